The van der Waals surface area contributed by atoms with Gasteiger partial charge in [0, 0.05) is 13.1 Å². The number of methoxy groups -OCH3 is 1. The van der Waals surface area contributed by atoms with Gasteiger partial charge in [0.25, 0.3) is 10.0 Å². The molecule has 3 aromatic rings. The molecule has 0 atom stereocenters. The van der Waals surface area contributed by atoms with E-state index in [0.717, 1.165) is 30.2 Å². The number of rotatable bonds is 9. The molecule has 0 spiro atoms. The minimum atomic E-state index is -4.26. The van der Waals surface area contributed by atoms with Gasteiger partial charge in [0.1, 0.15) is 22.3 Å². The van der Waals surface area contributed by atoms with Gasteiger partial charge in [-0.05, 0) is 54.6 Å². The van der Waals surface area contributed by atoms with Crippen LogP contribution in [0.5, 0.6) is 5.75 Å². The van der Waals surface area contributed by atoms with Crippen molar-refractivity contribution in [1.82, 2.24) is 4.31 Å². The number of nitrogens with zero attached hydrogens (tertiary/aromatic N) is 2. The second-order valence-corrected chi connectivity index (χ2v) is 12.9. The molecular formula is C23H24FN3O6S3. The molecule has 1 N–H and O–H groups in total. The van der Waals surface area contributed by atoms with Crippen LogP contribution in [0.2, 0.25) is 0 Å². The van der Waals surface area contributed by atoms with Gasteiger partial charge in [-0.25, -0.2) is 21.2 Å². The quantitative estimate of drug-likeness (QED) is 0.434. The highest BCUT2D eigenvalue weighted by Crippen LogP contribution is 2.31. The Kier molecular flexibility index (Phi) is 7.64. The standard InChI is InChI=1S/C23H24FN3O6S3/c1-33-21-11-10-17(35(29,30)26-12-4-5-13-26)15-19(21)25-22(28)16-27(20-8-3-2-7-18(20)24)36(31,32)23-9-6-14-34-23/h2-3,6-11,14-15H,4-5,12-13,16H2,1H3,(H,25,28). The van der Waals surface area contributed by atoms with E-state index in [0.29, 0.717) is 17.4 Å². The van der Waals surface area contributed by atoms with Crippen molar-refractivity contribution in [3.05, 3.63) is 65.8 Å². The maximum absolute atomic E-state index is 14.6. The number of carbonyl (C=O) groups is 1. The summed E-state index contributed by atoms with van der Waals surface area (Å²) in [5.41, 5.74) is -0.247. The molecule has 2 aromatic carbocycles. The number of nitrogens with one attached hydrogen (secondary N) is 1. The largest absolute Gasteiger partial charge is 0.495 e. The molecule has 1 fully saturated rings. The summed E-state index contributed by atoms with van der Waals surface area (Å²) in [6.07, 6.45) is 1.53. The summed E-state index contributed by atoms with van der Waals surface area (Å²) in [6.45, 7) is 0.0654. The van der Waals surface area contributed by atoms with Crippen molar-refractivity contribution in [2.45, 2.75) is 21.9 Å². The Morgan fingerprint density at radius 2 is 1.81 bits per heavy atom. The lowest BCUT2D eigenvalue weighted by Gasteiger charge is -2.24. The first-order valence-electron chi connectivity index (χ1n) is 10.9. The smallest absolute Gasteiger partial charge is 0.274 e. The van der Waals surface area contributed by atoms with Gasteiger partial charge in [-0.3, -0.25) is 9.10 Å². The van der Waals surface area contributed by atoms with Gasteiger partial charge in [-0.15, -0.1) is 11.3 Å². The van der Waals surface area contributed by atoms with E-state index in [-0.39, 0.29) is 26.2 Å². The highest BCUT2D eigenvalue weighted by molar-refractivity contribution is 7.94. The molecule has 1 aromatic heterocycles. The predicted octanol–water partition coefficient (Wildman–Crippen LogP) is 3.51. The zero-order chi connectivity index (χ0) is 25.9. The van der Waals surface area contributed by atoms with E-state index < -0.39 is 38.3 Å². The minimum absolute atomic E-state index is 0.0299. The number of thiophene rings is 1. The fourth-order valence-corrected chi connectivity index (χ4v) is 7.89. The van der Waals surface area contributed by atoms with E-state index in [1.807, 2.05) is 0 Å². The van der Waals surface area contributed by atoms with Crippen LogP contribution in [0, 0.1) is 5.82 Å². The lowest BCUT2D eigenvalue weighted by Crippen LogP contribution is -2.38. The number of amides is 1. The summed E-state index contributed by atoms with van der Waals surface area (Å²) in [4.78, 5) is 13.0. The van der Waals surface area contributed by atoms with E-state index in [1.165, 1.54) is 59.9 Å². The van der Waals surface area contributed by atoms with Crippen LogP contribution in [0.15, 0.2) is 69.1 Å². The summed E-state index contributed by atoms with van der Waals surface area (Å²) in [6, 6.07) is 12.2. The first-order valence-corrected chi connectivity index (χ1v) is 14.7. The third-order valence-electron chi connectivity index (χ3n) is 5.60. The Balaban J connectivity index is 1.65. The van der Waals surface area contributed by atoms with Crippen LogP contribution < -0.4 is 14.4 Å². The summed E-state index contributed by atoms with van der Waals surface area (Å²) in [5, 5.41) is 4.09. The molecule has 0 radical (unpaired) electrons. The zero-order valence-corrected chi connectivity index (χ0v) is 21.7. The Bertz CT molecular complexity index is 1450. The molecule has 192 valence electrons. The fraction of sp³-hybridized carbons (Fsp3) is 0.261. The van der Waals surface area contributed by atoms with Crippen molar-refractivity contribution in [2.75, 3.05) is 36.4 Å². The molecule has 0 unspecified atom stereocenters. The lowest BCUT2D eigenvalue weighted by atomic mass is 10.3. The van der Waals surface area contributed by atoms with Gasteiger partial charge in [0.2, 0.25) is 15.9 Å². The van der Waals surface area contributed by atoms with Crippen LogP contribution >= 0.6 is 11.3 Å². The van der Waals surface area contributed by atoms with Crippen LogP contribution in [0.1, 0.15) is 12.8 Å². The average Bonchev–Trinajstić information content (AvgIpc) is 3.58. The highest BCUT2D eigenvalue weighted by atomic mass is 32.2. The van der Waals surface area contributed by atoms with Crippen molar-refractivity contribution in [2.24, 2.45) is 0 Å². The summed E-state index contributed by atoms with van der Waals surface area (Å²) < 4.78 is 74.4. The van der Waals surface area contributed by atoms with Crippen LogP contribution in [0.3, 0.4) is 0 Å². The summed E-state index contributed by atoms with van der Waals surface area (Å²) in [7, 11) is -6.68. The van der Waals surface area contributed by atoms with Crippen molar-refractivity contribution in [3.63, 3.8) is 0 Å². The summed E-state index contributed by atoms with van der Waals surface area (Å²) in [5.74, 6) is -1.45. The van der Waals surface area contributed by atoms with Crippen molar-refractivity contribution >= 4 is 48.7 Å². The maximum Gasteiger partial charge on any atom is 0.274 e. The number of anilines is 2. The first-order chi connectivity index (χ1) is 17.1. The second-order valence-electron chi connectivity index (χ2n) is 7.92. The number of halogens is 1. The monoisotopic (exact) mass is 553 g/mol. The molecule has 1 saturated heterocycles. The number of benzene rings is 2. The number of para-hydroxylation sites is 1. The van der Waals surface area contributed by atoms with Crippen molar-refractivity contribution in [1.29, 1.82) is 0 Å². The molecule has 2 heterocycles. The lowest BCUT2D eigenvalue weighted by molar-refractivity contribution is -0.114. The molecule has 36 heavy (non-hydrogen) atoms. The number of carbonyl (C=O) groups excluding carboxylic acids is 1. The summed E-state index contributed by atoms with van der Waals surface area (Å²) >= 11 is 0.937. The zero-order valence-electron chi connectivity index (χ0n) is 19.3. The third kappa shape index (κ3) is 5.24. The van der Waals surface area contributed by atoms with E-state index in [1.54, 1.807) is 5.38 Å². The molecule has 1 amide bonds. The van der Waals surface area contributed by atoms with Crippen LogP contribution in [-0.4, -0.2) is 53.8 Å². The van der Waals surface area contributed by atoms with Gasteiger partial charge >= 0.3 is 0 Å². The number of sulfonamides is 2. The van der Waals surface area contributed by atoms with Gasteiger partial charge in [0.05, 0.1) is 23.4 Å². The molecule has 1 aliphatic rings. The van der Waals surface area contributed by atoms with Crippen molar-refractivity contribution < 1.29 is 30.8 Å². The Hall–Kier alpha value is -3.00. The van der Waals surface area contributed by atoms with Crippen LogP contribution in [0.25, 0.3) is 0 Å². The normalized spacial score (nSPS) is 14.5. The first kappa shape index (κ1) is 26.1. The second kappa shape index (κ2) is 10.5. The minimum Gasteiger partial charge on any atom is -0.495 e. The molecule has 0 bridgehead atoms. The SMILES string of the molecule is COc1ccc(S(=O)(=O)N2CCCC2)cc1NC(=O)CN(c1ccccc1F)S(=O)(=O)c1cccs1. The molecule has 0 saturated carbocycles. The third-order valence-corrected chi connectivity index (χ3v) is 10.6. The number of hydrogen-bond acceptors (Lipinski definition) is 7. The predicted molar refractivity (Wildman–Crippen MR) is 135 cm³/mol. The number of ether oxygens (including phenoxy) is 1. The van der Waals surface area contributed by atoms with Gasteiger partial charge < -0.3 is 10.1 Å². The van der Waals surface area contributed by atoms with E-state index >= 15 is 0 Å². The molecular weight excluding hydrogens is 529 g/mol. The topological polar surface area (TPSA) is 113 Å². The molecule has 1 aliphatic heterocycles. The Morgan fingerprint density at radius 3 is 2.44 bits per heavy atom. The van der Waals surface area contributed by atoms with Crippen LogP contribution in [0.4, 0.5) is 15.8 Å². The van der Waals surface area contributed by atoms with Crippen LogP contribution in [-0.2, 0) is 24.8 Å². The van der Waals surface area contributed by atoms with Crippen molar-refractivity contribution in [3.8, 4) is 5.75 Å². The Labute approximate surface area is 213 Å². The average molecular weight is 554 g/mol. The van der Waals surface area contributed by atoms with E-state index in [9.17, 15) is 26.0 Å². The number of hydrogen-bond donors (Lipinski definition) is 1. The fourth-order valence-electron chi connectivity index (χ4n) is 3.82. The molecule has 13 heteroatoms. The van der Waals surface area contributed by atoms with Gasteiger partial charge in [-0.2, -0.15) is 4.31 Å². The molecule has 4 rings (SSSR count). The Morgan fingerprint density at radius 1 is 1.08 bits per heavy atom. The van der Waals surface area contributed by atoms with Gasteiger partial charge in [0.15, 0.2) is 0 Å². The highest BCUT2D eigenvalue weighted by Gasteiger charge is 2.31. The molecule has 9 nitrogen and oxygen atoms in total. The maximum atomic E-state index is 14.6. The van der Waals surface area contributed by atoms with Gasteiger partial charge in [-0.1, -0.05) is 18.2 Å². The molecule has 0 aliphatic carbocycles. The van der Waals surface area contributed by atoms with E-state index in [4.69, 9.17) is 4.74 Å². The van der Waals surface area contributed by atoms with E-state index in [2.05, 4.69) is 5.32 Å².